The SMILES string of the molecule is CN(CCCOc1ccc(S(C)(=O)=O)cc1)c1ccc([N+](=O)[O-])c(C(=O)N2CCCC2)c1. The van der Waals surface area contributed by atoms with E-state index < -0.39 is 14.8 Å². The van der Waals surface area contributed by atoms with E-state index in [2.05, 4.69) is 0 Å². The van der Waals surface area contributed by atoms with Crippen LogP contribution < -0.4 is 9.64 Å². The Labute approximate surface area is 187 Å². The largest absolute Gasteiger partial charge is 0.494 e. The molecule has 1 amide bonds. The van der Waals surface area contributed by atoms with E-state index in [1.54, 1.807) is 29.2 Å². The highest BCUT2D eigenvalue weighted by Crippen LogP contribution is 2.27. The minimum Gasteiger partial charge on any atom is -0.494 e. The maximum absolute atomic E-state index is 12.8. The molecule has 0 atom stereocenters. The van der Waals surface area contributed by atoms with Gasteiger partial charge < -0.3 is 14.5 Å². The van der Waals surface area contributed by atoms with Crippen LogP contribution >= 0.6 is 0 Å². The van der Waals surface area contributed by atoms with Gasteiger partial charge in [-0.2, -0.15) is 0 Å². The predicted octanol–water partition coefficient (Wildman–Crippen LogP) is 3.14. The summed E-state index contributed by atoms with van der Waals surface area (Å²) in [5.74, 6) is 0.277. The third-order valence-electron chi connectivity index (χ3n) is 5.40. The molecule has 9 nitrogen and oxygen atoms in total. The molecule has 1 heterocycles. The number of benzene rings is 2. The number of hydrogen-bond donors (Lipinski definition) is 0. The van der Waals surface area contributed by atoms with Crippen molar-refractivity contribution >= 4 is 27.1 Å². The predicted molar refractivity (Wildman–Crippen MR) is 121 cm³/mol. The number of carbonyl (C=O) groups excluding carboxylic acids is 1. The zero-order valence-corrected chi connectivity index (χ0v) is 19.0. The fourth-order valence-corrected chi connectivity index (χ4v) is 4.22. The minimum absolute atomic E-state index is 0.114. The van der Waals surface area contributed by atoms with Crippen molar-refractivity contribution in [2.45, 2.75) is 24.2 Å². The van der Waals surface area contributed by atoms with Gasteiger partial charge in [0.05, 0.1) is 16.4 Å². The zero-order chi connectivity index (χ0) is 23.3. The molecule has 1 aliphatic rings. The van der Waals surface area contributed by atoms with Crippen LogP contribution in [0.15, 0.2) is 47.4 Å². The third-order valence-corrected chi connectivity index (χ3v) is 6.53. The second-order valence-electron chi connectivity index (χ2n) is 7.83. The number of rotatable bonds is 9. The quantitative estimate of drug-likeness (QED) is 0.320. The first-order valence-corrected chi connectivity index (χ1v) is 12.3. The van der Waals surface area contributed by atoms with Crippen LogP contribution in [0.4, 0.5) is 11.4 Å². The van der Waals surface area contributed by atoms with Gasteiger partial charge in [-0.15, -0.1) is 0 Å². The first-order valence-electron chi connectivity index (χ1n) is 10.4. The average Bonchev–Trinajstić information content (AvgIpc) is 3.30. The molecule has 3 rings (SSSR count). The second kappa shape index (κ2) is 9.99. The van der Waals surface area contributed by atoms with E-state index in [1.807, 2.05) is 11.9 Å². The lowest BCUT2D eigenvalue weighted by molar-refractivity contribution is -0.385. The Balaban J connectivity index is 1.59. The summed E-state index contributed by atoms with van der Waals surface area (Å²) in [7, 11) is -1.39. The van der Waals surface area contributed by atoms with Crippen LogP contribution in [0, 0.1) is 10.1 Å². The molecule has 10 heteroatoms. The molecular weight excluding hydrogens is 434 g/mol. The summed E-state index contributed by atoms with van der Waals surface area (Å²) < 4.78 is 28.7. The number of nitrogens with zero attached hydrogens (tertiary/aromatic N) is 3. The molecule has 0 unspecified atom stereocenters. The van der Waals surface area contributed by atoms with Crippen LogP contribution in [-0.2, 0) is 9.84 Å². The van der Waals surface area contributed by atoms with Gasteiger partial charge in [-0.25, -0.2) is 8.42 Å². The average molecular weight is 462 g/mol. The molecule has 32 heavy (non-hydrogen) atoms. The van der Waals surface area contributed by atoms with E-state index in [1.165, 1.54) is 18.2 Å². The van der Waals surface area contributed by atoms with Gasteiger partial charge in [-0.3, -0.25) is 14.9 Å². The maximum atomic E-state index is 12.8. The van der Waals surface area contributed by atoms with Crippen LogP contribution in [0.5, 0.6) is 5.75 Å². The smallest absolute Gasteiger partial charge is 0.282 e. The van der Waals surface area contributed by atoms with Crippen molar-refractivity contribution < 1.29 is 22.9 Å². The number of nitro benzene ring substituents is 1. The molecule has 1 fully saturated rings. The van der Waals surface area contributed by atoms with Gasteiger partial charge in [0.2, 0.25) is 0 Å². The van der Waals surface area contributed by atoms with E-state index in [9.17, 15) is 23.3 Å². The summed E-state index contributed by atoms with van der Waals surface area (Å²) in [5, 5.41) is 11.4. The number of anilines is 1. The van der Waals surface area contributed by atoms with Crippen LogP contribution in [0.1, 0.15) is 29.6 Å². The molecule has 2 aromatic rings. The highest BCUT2D eigenvalue weighted by molar-refractivity contribution is 7.90. The zero-order valence-electron chi connectivity index (χ0n) is 18.2. The Bertz CT molecular complexity index is 1080. The van der Waals surface area contributed by atoms with Crippen molar-refractivity contribution in [2.24, 2.45) is 0 Å². The molecule has 0 N–H and O–H groups in total. The van der Waals surface area contributed by atoms with Gasteiger partial charge in [0.25, 0.3) is 11.6 Å². The lowest BCUT2D eigenvalue weighted by Crippen LogP contribution is -2.28. The van der Waals surface area contributed by atoms with Gasteiger partial charge in [0, 0.05) is 44.7 Å². The highest BCUT2D eigenvalue weighted by atomic mass is 32.2. The number of sulfone groups is 1. The van der Waals surface area contributed by atoms with Crippen molar-refractivity contribution in [1.82, 2.24) is 4.90 Å². The molecule has 0 saturated carbocycles. The fraction of sp³-hybridized carbons (Fsp3) is 0.409. The van der Waals surface area contributed by atoms with E-state index in [4.69, 9.17) is 4.74 Å². The summed E-state index contributed by atoms with van der Waals surface area (Å²) in [5.41, 5.74) is 0.652. The molecule has 0 bridgehead atoms. The Morgan fingerprint density at radius 3 is 2.41 bits per heavy atom. The Morgan fingerprint density at radius 2 is 1.81 bits per heavy atom. The summed E-state index contributed by atoms with van der Waals surface area (Å²) >= 11 is 0. The number of likely N-dealkylation sites (tertiary alicyclic amines) is 1. The summed E-state index contributed by atoms with van der Waals surface area (Å²) in [4.78, 5) is 27.5. The number of ether oxygens (including phenoxy) is 1. The minimum atomic E-state index is -3.24. The first-order chi connectivity index (χ1) is 15.2. The van der Waals surface area contributed by atoms with Gasteiger partial charge in [-0.1, -0.05) is 0 Å². The van der Waals surface area contributed by atoms with Gasteiger partial charge in [0.15, 0.2) is 9.84 Å². The monoisotopic (exact) mass is 461 g/mol. The molecule has 1 aliphatic heterocycles. The number of nitro groups is 1. The summed E-state index contributed by atoms with van der Waals surface area (Å²) in [6.45, 7) is 2.27. The van der Waals surface area contributed by atoms with Crippen molar-refractivity contribution in [1.29, 1.82) is 0 Å². The van der Waals surface area contributed by atoms with Crippen molar-refractivity contribution in [3.63, 3.8) is 0 Å². The number of hydrogen-bond acceptors (Lipinski definition) is 7. The second-order valence-corrected chi connectivity index (χ2v) is 9.84. The van der Waals surface area contributed by atoms with Crippen LogP contribution in [-0.4, -0.2) is 63.7 Å². The molecule has 0 aliphatic carbocycles. The fourth-order valence-electron chi connectivity index (χ4n) is 3.59. The summed E-state index contributed by atoms with van der Waals surface area (Å²) in [6.07, 6.45) is 3.64. The van der Waals surface area contributed by atoms with Crippen molar-refractivity contribution in [3.8, 4) is 5.75 Å². The molecular formula is C22H27N3O6S. The standard InChI is InChI=1S/C22H27N3O6S/c1-23(12-5-15-31-18-7-9-19(10-8-18)32(2,29)30)17-6-11-21(25(27)28)20(16-17)22(26)24-13-3-4-14-24/h6-11,16H,3-5,12-15H2,1-2H3. The lowest BCUT2D eigenvalue weighted by Gasteiger charge is -2.21. The molecule has 0 aromatic heterocycles. The third kappa shape index (κ3) is 5.76. The van der Waals surface area contributed by atoms with Crippen molar-refractivity contribution in [2.75, 3.05) is 44.4 Å². The molecule has 0 radical (unpaired) electrons. The van der Waals surface area contributed by atoms with Crippen molar-refractivity contribution in [3.05, 3.63) is 58.1 Å². The highest BCUT2D eigenvalue weighted by Gasteiger charge is 2.27. The van der Waals surface area contributed by atoms with E-state index in [0.29, 0.717) is 38.4 Å². The van der Waals surface area contributed by atoms with Gasteiger partial charge >= 0.3 is 0 Å². The number of amides is 1. The lowest BCUT2D eigenvalue weighted by atomic mass is 10.1. The summed E-state index contributed by atoms with van der Waals surface area (Å²) in [6, 6.07) is 10.9. The van der Waals surface area contributed by atoms with Crippen LogP contribution in [0.3, 0.4) is 0 Å². The van der Waals surface area contributed by atoms with Gasteiger partial charge in [-0.05, 0) is 55.7 Å². The Morgan fingerprint density at radius 1 is 1.16 bits per heavy atom. The Hall–Kier alpha value is -3.14. The Kier molecular flexibility index (Phi) is 7.34. The van der Waals surface area contributed by atoms with E-state index >= 15 is 0 Å². The molecule has 0 spiro atoms. The molecule has 1 saturated heterocycles. The van der Waals surface area contributed by atoms with Crippen LogP contribution in [0.2, 0.25) is 0 Å². The van der Waals surface area contributed by atoms with E-state index in [-0.39, 0.29) is 22.1 Å². The van der Waals surface area contributed by atoms with Gasteiger partial charge in [0.1, 0.15) is 11.3 Å². The normalized spacial score (nSPS) is 13.8. The van der Waals surface area contributed by atoms with E-state index in [0.717, 1.165) is 24.8 Å². The topological polar surface area (TPSA) is 110 Å². The molecule has 172 valence electrons. The van der Waals surface area contributed by atoms with Crippen LogP contribution in [0.25, 0.3) is 0 Å². The maximum Gasteiger partial charge on any atom is 0.282 e. The molecule has 2 aromatic carbocycles. The number of carbonyl (C=O) groups is 1. The first kappa shape index (κ1) is 23.5.